The van der Waals surface area contributed by atoms with Gasteiger partial charge < -0.3 is 5.11 Å². The van der Waals surface area contributed by atoms with Gasteiger partial charge in [0.25, 0.3) is 0 Å². The lowest BCUT2D eigenvalue weighted by molar-refractivity contribution is 0.147. The van der Waals surface area contributed by atoms with Gasteiger partial charge in [0.2, 0.25) is 0 Å². The van der Waals surface area contributed by atoms with Crippen molar-refractivity contribution in [3.05, 3.63) is 0 Å². The third-order valence-corrected chi connectivity index (χ3v) is 2.71. The molecule has 0 bridgehead atoms. The van der Waals surface area contributed by atoms with Crippen molar-refractivity contribution in [2.45, 2.75) is 78.2 Å². The van der Waals surface area contributed by atoms with Crippen LogP contribution in [-0.2, 0) is 0 Å². The highest BCUT2D eigenvalue weighted by Gasteiger charge is 2.03. The third kappa shape index (κ3) is 10.0. The quantitative estimate of drug-likeness (QED) is 0.554. The number of unbranched alkanes of at least 4 members (excludes halogenated alkanes) is 3. The molecule has 0 fully saturated rings. The molecular formula is C13H28O. The lowest BCUT2D eigenvalue weighted by Crippen LogP contribution is -2.06. The lowest BCUT2D eigenvalue weighted by atomic mass is 10.0. The summed E-state index contributed by atoms with van der Waals surface area (Å²) < 4.78 is 0. The fourth-order valence-corrected chi connectivity index (χ4v) is 1.71. The van der Waals surface area contributed by atoms with Crippen LogP contribution in [0.2, 0.25) is 0 Å². The summed E-state index contributed by atoms with van der Waals surface area (Å²) in [6, 6.07) is 0. The van der Waals surface area contributed by atoms with Gasteiger partial charge in [-0.25, -0.2) is 0 Å². The average molecular weight is 200 g/mol. The summed E-state index contributed by atoms with van der Waals surface area (Å²) in [5.74, 6) is 0.812. The van der Waals surface area contributed by atoms with Crippen molar-refractivity contribution >= 4 is 0 Å². The molecule has 0 saturated heterocycles. The molecular weight excluding hydrogens is 172 g/mol. The highest BCUT2D eigenvalue weighted by molar-refractivity contribution is 4.57. The molecule has 86 valence electrons. The Kier molecular flexibility index (Phi) is 9.49. The van der Waals surface area contributed by atoms with Gasteiger partial charge in [-0.1, -0.05) is 59.3 Å². The molecule has 0 saturated carbocycles. The zero-order valence-corrected chi connectivity index (χ0v) is 10.3. The van der Waals surface area contributed by atoms with E-state index in [4.69, 9.17) is 0 Å². The molecule has 1 atom stereocenters. The van der Waals surface area contributed by atoms with E-state index < -0.39 is 0 Å². The molecule has 0 aliphatic rings. The molecule has 0 aliphatic heterocycles. The Morgan fingerprint density at radius 1 is 0.857 bits per heavy atom. The lowest BCUT2D eigenvalue weighted by Gasteiger charge is -2.10. The zero-order valence-electron chi connectivity index (χ0n) is 10.3. The van der Waals surface area contributed by atoms with E-state index >= 15 is 0 Å². The van der Waals surface area contributed by atoms with E-state index in [2.05, 4.69) is 20.8 Å². The Morgan fingerprint density at radius 3 is 1.86 bits per heavy atom. The van der Waals surface area contributed by atoms with Crippen LogP contribution in [0.25, 0.3) is 0 Å². The minimum atomic E-state index is -0.0336. The maximum Gasteiger partial charge on any atom is 0.0540 e. The first-order valence-electron chi connectivity index (χ1n) is 6.34. The predicted octanol–water partition coefficient (Wildman–Crippen LogP) is 4.14. The molecule has 0 spiro atoms. The van der Waals surface area contributed by atoms with E-state index in [0.717, 1.165) is 18.8 Å². The molecule has 0 radical (unpaired) electrons. The highest BCUT2D eigenvalue weighted by Crippen LogP contribution is 2.13. The first kappa shape index (κ1) is 14.0. The van der Waals surface area contributed by atoms with Gasteiger partial charge in [0.1, 0.15) is 0 Å². The summed E-state index contributed by atoms with van der Waals surface area (Å²) in [5, 5.41) is 9.64. The minimum Gasteiger partial charge on any atom is -0.393 e. The standard InChI is InChI=1S/C13H28O/c1-4-5-6-10-13(14)11-8-7-9-12(2)3/h12-14H,4-11H2,1-3H3/t13-/m0/s1. The summed E-state index contributed by atoms with van der Waals surface area (Å²) in [6.45, 7) is 6.73. The van der Waals surface area contributed by atoms with Crippen LogP contribution in [0.3, 0.4) is 0 Å². The fraction of sp³-hybridized carbons (Fsp3) is 1.00. The monoisotopic (exact) mass is 200 g/mol. The average Bonchev–Trinajstić information content (AvgIpc) is 2.13. The number of aliphatic hydroxyl groups is 1. The Bertz CT molecular complexity index is 110. The van der Waals surface area contributed by atoms with Crippen LogP contribution >= 0.6 is 0 Å². The van der Waals surface area contributed by atoms with Crippen molar-refractivity contribution in [1.82, 2.24) is 0 Å². The summed E-state index contributed by atoms with van der Waals surface area (Å²) in [6.07, 6.45) is 9.49. The molecule has 14 heavy (non-hydrogen) atoms. The molecule has 0 unspecified atom stereocenters. The summed E-state index contributed by atoms with van der Waals surface area (Å²) in [4.78, 5) is 0. The molecule has 0 aromatic heterocycles. The van der Waals surface area contributed by atoms with Gasteiger partial charge in [-0.3, -0.25) is 0 Å². The molecule has 1 heteroatoms. The number of hydrogen-bond donors (Lipinski definition) is 1. The van der Waals surface area contributed by atoms with Crippen molar-refractivity contribution in [1.29, 1.82) is 0 Å². The molecule has 0 aromatic carbocycles. The highest BCUT2D eigenvalue weighted by atomic mass is 16.3. The molecule has 0 rings (SSSR count). The topological polar surface area (TPSA) is 20.2 Å². The van der Waals surface area contributed by atoms with Crippen molar-refractivity contribution in [3.8, 4) is 0 Å². The smallest absolute Gasteiger partial charge is 0.0540 e. The van der Waals surface area contributed by atoms with Crippen molar-refractivity contribution in [2.75, 3.05) is 0 Å². The first-order chi connectivity index (χ1) is 6.66. The molecule has 1 N–H and O–H groups in total. The Balaban J connectivity index is 3.14. The normalized spacial score (nSPS) is 13.5. The van der Waals surface area contributed by atoms with Gasteiger partial charge in [-0.2, -0.15) is 0 Å². The maximum absolute atomic E-state index is 9.64. The van der Waals surface area contributed by atoms with Gasteiger partial charge in [0.05, 0.1) is 6.10 Å². The SMILES string of the molecule is CCCCC[C@H](O)CCCCC(C)C. The molecule has 0 amide bonds. The van der Waals surface area contributed by atoms with E-state index in [9.17, 15) is 5.11 Å². The van der Waals surface area contributed by atoms with Crippen LogP contribution < -0.4 is 0 Å². The van der Waals surface area contributed by atoms with Crippen LogP contribution in [0.15, 0.2) is 0 Å². The predicted molar refractivity (Wildman–Crippen MR) is 63.5 cm³/mol. The van der Waals surface area contributed by atoms with Crippen molar-refractivity contribution < 1.29 is 5.11 Å². The minimum absolute atomic E-state index is 0.0336. The fourth-order valence-electron chi connectivity index (χ4n) is 1.71. The Hall–Kier alpha value is -0.0400. The van der Waals surface area contributed by atoms with E-state index in [1.165, 1.54) is 38.5 Å². The van der Waals surface area contributed by atoms with Crippen LogP contribution in [0.5, 0.6) is 0 Å². The molecule has 1 nitrogen and oxygen atoms in total. The summed E-state index contributed by atoms with van der Waals surface area (Å²) >= 11 is 0. The van der Waals surface area contributed by atoms with Gasteiger partial charge >= 0.3 is 0 Å². The Morgan fingerprint density at radius 2 is 1.36 bits per heavy atom. The van der Waals surface area contributed by atoms with Crippen molar-refractivity contribution in [3.63, 3.8) is 0 Å². The second-order valence-corrected chi connectivity index (χ2v) is 4.83. The van der Waals surface area contributed by atoms with E-state index in [1.54, 1.807) is 0 Å². The molecule has 0 aromatic rings. The second kappa shape index (κ2) is 9.51. The van der Waals surface area contributed by atoms with Crippen LogP contribution in [0, 0.1) is 5.92 Å². The van der Waals surface area contributed by atoms with Crippen LogP contribution in [0.4, 0.5) is 0 Å². The van der Waals surface area contributed by atoms with Crippen LogP contribution in [-0.4, -0.2) is 11.2 Å². The van der Waals surface area contributed by atoms with Crippen molar-refractivity contribution in [2.24, 2.45) is 5.92 Å². The van der Waals surface area contributed by atoms with Gasteiger partial charge in [-0.05, 0) is 18.8 Å². The largest absolute Gasteiger partial charge is 0.393 e. The van der Waals surface area contributed by atoms with Gasteiger partial charge in [0, 0.05) is 0 Å². The molecule has 0 aliphatic carbocycles. The number of aliphatic hydroxyl groups excluding tert-OH is 1. The first-order valence-corrected chi connectivity index (χ1v) is 6.34. The van der Waals surface area contributed by atoms with E-state index in [1.807, 2.05) is 0 Å². The third-order valence-electron chi connectivity index (χ3n) is 2.71. The summed E-state index contributed by atoms with van der Waals surface area (Å²) in [5.41, 5.74) is 0. The number of hydrogen-bond acceptors (Lipinski definition) is 1. The van der Waals surface area contributed by atoms with E-state index in [-0.39, 0.29) is 6.10 Å². The van der Waals surface area contributed by atoms with Crippen LogP contribution in [0.1, 0.15) is 72.1 Å². The van der Waals surface area contributed by atoms with Gasteiger partial charge in [-0.15, -0.1) is 0 Å². The zero-order chi connectivity index (χ0) is 10.8. The summed E-state index contributed by atoms with van der Waals surface area (Å²) in [7, 11) is 0. The molecule has 0 heterocycles. The number of rotatable bonds is 9. The Labute approximate surface area is 89.9 Å². The van der Waals surface area contributed by atoms with Gasteiger partial charge in [0.15, 0.2) is 0 Å². The van der Waals surface area contributed by atoms with E-state index in [0.29, 0.717) is 0 Å². The maximum atomic E-state index is 9.64. The second-order valence-electron chi connectivity index (χ2n) is 4.83.